The first-order valence-corrected chi connectivity index (χ1v) is 9.71. The van der Waals surface area contributed by atoms with Gasteiger partial charge in [0.2, 0.25) is 0 Å². The van der Waals surface area contributed by atoms with Crippen LogP contribution in [-0.4, -0.2) is 29.1 Å². The topological polar surface area (TPSA) is 23.5 Å². The highest BCUT2D eigenvalue weighted by atomic mass is 16.3. The highest BCUT2D eigenvalue weighted by Gasteiger charge is 2.19. The van der Waals surface area contributed by atoms with Crippen LogP contribution in [0.5, 0.6) is 0 Å². The van der Waals surface area contributed by atoms with E-state index in [1.165, 1.54) is 63.5 Å². The maximum atomic E-state index is 10.4. The van der Waals surface area contributed by atoms with Gasteiger partial charge in [-0.05, 0) is 56.7 Å². The molecule has 0 amide bonds. The van der Waals surface area contributed by atoms with Crippen LogP contribution in [0, 0.1) is 0 Å². The molecule has 2 unspecified atom stereocenters. The molecular weight excluding hydrogens is 282 g/mol. The van der Waals surface area contributed by atoms with Gasteiger partial charge in [0.25, 0.3) is 0 Å². The Morgan fingerprint density at radius 1 is 1.13 bits per heavy atom. The van der Waals surface area contributed by atoms with Gasteiger partial charge < -0.3 is 10.0 Å². The Morgan fingerprint density at radius 2 is 1.91 bits per heavy atom. The molecule has 0 saturated carbocycles. The molecule has 2 atom stereocenters. The molecular formula is C21H35NO. The average Bonchev–Trinajstić information content (AvgIpc) is 2.58. The summed E-state index contributed by atoms with van der Waals surface area (Å²) in [6.07, 6.45) is 10.9. The van der Waals surface area contributed by atoms with Crippen molar-refractivity contribution in [2.45, 2.75) is 83.8 Å². The second-order valence-electron chi connectivity index (χ2n) is 7.24. The van der Waals surface area contributed by atoms with Crippen LogP contribution in [0.1, 0.15) is 82.4 Å². The molecule has 1 aliphatic rings. The number of benzene rings is 1. The number of hydrogen-bond donors (Lipinski definition) is 1. The van der Waals surface area contributed by atoms with E-state index in [1.54, 1.807) is 0 Å². The van der Waals surface area contributed by atoms with E-state index in [0.29, 0.717) is 6.04 Å². The first-order chi connectivity index (χ1) is 11.2. The summed E-state index contributed by atoms with van der Waals surface area (Å²) in [6, 6.07) is 9.34. The Kier molecular flexibility index (Phi) is 8.11. The van der Waals surface area contributed by atoms with Crippen LogP contribution in [0.2, 0.25) is 0 Å². The van der Waals surface area contributed by atoms with Crippen molar-refractivity contribution in [3.63, 3.8) is 0 Å². The molecule has 130 valence electrons. The zero-order chi connectivity index (χ0) is 16.5. The molecule has 1 N–H and O–H groups in total. The van der Waals surface area contributed by atoms with Crippen molar-refractivity contribution in [1.29, 1.82) is 0 Å². The smallest absolute Gasteiger partial charge is 0.0802 e. The number of hydrogen-bond acceptors (Lipinski definition) is 2. The summed E-state index contributed by atoms with van der Waals surface area (Å²) in [4.78, 5) is 2.54. The van der Waals surface area contributed by atoms with E-state index >= 15 is 0 Å². The number of likely N-dealkylation sites (tertiary alicyclic amines) is 1. The van der Waals surface area contributed by atoms with Crippen molar-refractivity contribution in [2.24, 2.45) is 0 Å². The van der Waals surface area contributed by atoms with E-state index in [2.05, 4.69) is 43.0 Å². The number of rotatable bonds is 9. The summed E-state index contributed by atoms with van der Waals surface area (Å²) in [7, 11) is 0. The number of nitrogens with zero attached hydrogens (tertiary/aromatic N) is 1. The normalized spacial score (nSPS) is 20.6. The van der Waals surface area contributed by atoms with Crippen molar-refractivity contribution in [1.82, 2.24) is 4.90 Å². The Bertz CT molecular complexity index is 428. The zero-order valence-corrected chi connectivity index (χ0v) is 15.1. The molecule has 2 rings (SSSR count). The van der Waals surface area contributed by atoms with E-state index in [0.717, 1.165) is 18.5 Å². The van der Waals surface area contributed by atoms with Crippen molar-refractivity contribution in [3.05, 3.63) is 35.4 Å². The third-order valence-corrected chi connectivity index (χ3v) is 5.31. The summed E-state index contributed by atoms with van der Waals surface area (Å²) >= 11 is 0. The molecule has 0 bridgehead atoms. The summed E-state index contributed by atoms with van der Waals surface area (Å²) in [5.41, 5.74) is 2.48. The molecule has 0 spiro atoms. The highest BCUT2D eigenvalue weighted by molar-refractivity contribution is 5.24. The third kappa shape index (κ3) is 6.27. The fraction of sp³-hybridized carbons (Fsp3) is 0.714. The maximum Gasteiger partial charge on any atom is 0.0802 e. The van der Waals surface area contributed by atoms with Gasteiger partial charge >= 0.3 is 0 Å². The van der Waals surface area contributed by atoms with E-state index in [9.17, 15) is 5.11 Å². The van der Waals surface area contributed by atoms with Crippen LogP contribution in [0.25, 0.3) is 0 Å². The fourth-order valence-electron chi connectivity index (χ4n) is 3.61. The Hall–Kier alpha value is -0.860. The zero-order valence-electron chi connectivity index (χ0n) is 15.1. The minimum Gasteiger partial charge on any atom is -0.388 e. The lowest BCUT2D eigenvalue weighted by Gasteiger charge is -2.33. The fourth-order valence-corrected chi connectivity index (χ4v) is 3.61. The van der Waals surface area contributed by atoms with Gasteiger partial charge in [-0.25, -0.2) is 0 Å². The minimum atomic E-state index is -0.321. The molecule has 23 heavy (non-hydrogen) atoms. The average molecular weight is 318 g/mol. The molecule has 0 aliphatic carbocycles. The first kappa shape index (κ1) is 18.5. The molecule has 0 aromatic heterocycles. The summed E-state index contributed by atoms with van der Waals surface area (Å²) < 4.78 is 0. The van der Waals surface area contributed by atoms with Crippen molar-refractivity contribution >= 4 is 0 Å². The monoisotopic (exact) mass is 317 g/mol. The van der Waals surface area contributed by atoms with E-state index in [4.69, 9.17) is 0 Å². The maximum absolute atomic E-state index is 10.4. The number of piperidine rings is 1. The summed E-state index contributed by atoms with van der Waals surface area (Å²) in [5, 5.41) is 10.4. The highest BCUT2D eigenvalue weighted by Crippen LogP contribution is 2.22. The molecule has 1 aromatic carbocycles. The summed E-state index contributed by atoms with van der Waals surface area (Å²) in [5.74, 6) is 0. The van der Waals surface area contributed by atoms with Gasteiger partial charge in [-0.15, -0.1) is 0 Å². The van der Waals surface area contributed by atoms with Gasteiger partial charge in [0.05, 0.1) is 6.10 Å². The second kappa shape index (κ2) is 10.1. The molecule has 1 fully saturated rings. The lowest BCUT2D eigenvalue weighted by atomic mass is 10.00. The van der Waals surface area contributed by atoms with Crippen LogP contribution in [0.4, 0.5) is 0 Å². The Morgan fingerprint density at radius 3 is 2.61 bits per heavy atom. The largest absolute Gasteiger partial charge is 0.388 e. The molecule has 1 saturated heterocycles. The minimum absolute atomic E-state index is 0.321. The van der Waals surface area contributed by atoms with Crippen molar-refractivity contribution < 1.29 is 5.11 Å². The standard InChI is InChI=1S/C21H35NO/c1-3-4-5-6-10-19-11-13-20(14-12-19)21(23)15-17-22-16-8-7-9-18(22)2/h11-14,18,21,23H,3-10,15-17H2,1-2H3. The number of aryl methyl sites for hydroxylation is 1. The van der Waals surface area contributed by atoms with Crippen LogP contribution in [-0.2, 0) is 6.42 Å². The number of aliphatic hydroxyl groups excluding tert-OH is 1. The molecule has 1 heterocycles. The summed E-state index contributed by atoms with van der Waals surface area (Å²) in [6.45, 7) is 6.78. The van der Waals surface area contributed by atoms with Crippen molar-refractivity contribution in [2.75, 3.05) is 13.1 Å². The third-order valence-electron chi connectivity index (χ3n) is 5.31. The van der Waals surface area contributed by atoms with Gasteiger partial charge in [-0.1, -0.05) is 56.9 Å². The lowest BCUT2D eigenvalue weighted by Crippen LogP contribution is -2.38. The molecule has 0 radical (unpaired) electrons. The lowest BCUT2D eigenvalue weighted by molar-refractivity contribution is 0.109. The quantitative estimate of drug-likeness (QED) is 0.640. The van der Waals surface area contributed by atoms with Crippen LogP contribution < -0.4 is 0 Å². The van der Waals surface area contributed by atoms with E-state index in [1.807, 2.05) is 0 Å². The molecule has 1 aliphatic heterocycles. The SMILES string of the molecule is CCCCCCc1ccc(C(O)CCN2CCCCC2C)cc1. The Labute approximate surface area is 142 Å². The second-order valence-corrected chi connectivity index (χ2v) is 7.24. The van der Waals surface area contributed by atoms with E-state index in [-0.39, 0.29) is 6.10 Å². The van der Waals surface area contributed by atoms with Gasteiger partial charge in [-0.2, -0.15) is 0 Å². The number of aliphatic hydroxyl groups is 1. The van der Waals surface area contributed by atoms with Crippen LogP contribution in [0.15, 0.2) is 24.3 Å². The van der Waals surface area contributed by atoms with Gasteiger partial charge in [0, 0.05) is 12.6 Å². The van der Waals surface area contributed by atoms with Gasteiger partial charge in [-0.3, -0.25) is 0 Å². The number of unbranched alkanes of at least 4 members (excludes halogenated alkanes) is 3. The molecule has 2 nitrogen and oxygen atoms in total. The van der Waals surface area contributed by atoms with Gasteiger partial charge in [0.1, 0.15) is 0 Å². The van der Waals surface area contributed by atoms with Gasteiger partial charge in [0.15, 0.2) is 0 Å². The van der Waals surface area contributed by atoms with Crippen LogP contribution in [0.3, 0.4) is 0 Å². The first-order valence-electron chi connectivity index (χ1n) is 9.71. The Balaban J connectivity index is 1.74. The predicted octanol–water partition coefficient (Wildman–Crippen LogP) is 5.11. The van der Waals surface area contributed by atoms with Crippen LogP contribution >= 0.6 is 0 Å². The van der Waals surface area contributed by atoms with E-state index < -0.39 is 0 Å². The predicted molar refractivity (Wildman–Crippen MR) is 98.8 cm³/mol. The molecule has 1 aromatic rings. The van der Waals surface area contributed by atoms with Crippen molar-refractivity contribution in [3.8, 4) is 0 Å². The molecule has 2 heteroatoms.